The molecule has 8 aromatic carbocycles. The van der Waals surface area contributed by atoms with Gasteiger partial charge in [0.1, 0.15) is 5.52 Å². The summed E-state index contributed by atoms with van der Waals surface area (Å²) in [7, 11) is 0. The van der Waals surface area contributed by atoms with Gasteiger partial charge in [-0.3, -0.25) is 0 Å². The summed E-state index contributed by atoms with van der Waals surface area (Å²) in [5, 5.41) is 4.46. The standard InChI is InChI=1S/C45H30N2O/c1-4-11-31(12-5-1)33-21-25-38(26-22-33)47(39-18-10-17-37(29-39)32-13-6-2-7-14-32)40-27-23-34-19-20-35-24-28-42-44(43(35)41(34)30-40)48-45(46-42)36-15-8-3-9-16-36/h1-30H. The van der Waals surface area contributed by atoms with E-state index in [1.807, 2.05) is 30.3 Å². The molecule has 0 unspecified atom stereocenters. The molecular weight excluding hydrogens is 585 g/mol. The Labute approximate surface area is 279 Å². The zero-order valence-electron chi connectivity index (χ0n) is 26.1. The molecule has 0 amide bonds. The Bertz CT molecular complexity index is 2540. The van der Waals surface area contributed by atoms with Gasteiger partial charge in [0, 0.05) is 28.0 Å². The molecule has 0 spiro atoms. The van der Waals surface area contributed by atoms with E-state index in [1.165, 1.54) is 22.3 Å². The lowest BCUT2D eigenvalue weighted by Crippen LogP contribution is -2.10. The van der Waals surface area contributed by atoms with Crippen LogP contribution >= 0.6 is 0 Å². The van der Waals surface area contributed by atoms with E-state index in [1.54, 1.807) is 0 Å². The third-order valence-electron chi connectivity index (χ3n) is 9.06. The van der Waals surface area contributed by atoms with Gasteiger partial charge in [0.2, 0.25) is 5.89 Å². The lowest BCUT2D eigenvalue weighted by Gasteiger charge is -2.27. The van der Waals surface area contributed by atoms with E-state index in [0.717, 1.165) is 55.3 Å². The Hall–Kier alpha value is -6.45. The number of rotatable bonds is 6. The minimum absolute atomic E-state index is 0.629. The highest BCUT2D eigenvalue weighted by molar-refractivity contribution is 6.18. The molecule has 0 N–H and O–H groups in total. The van der Waals surface area contributed by atoms with E-state index in [4.69, 9.17) is 9.40 Å². The lowest BCUT2D eigenvalue weighted by molar-refractivity contribution is 0.623. The summed E-state index contributed by atoms with van der Waals surface area (Å²) in [5.74, 6) is 0.629. The van der Waals surface area contributed by atoms with Gasteiger partial charge in [-0.25, -0.2) is 4.98 Å². The third kappa shape index (κ3) is 4.99. The van der Waals surface area contributed by atoms with Crippen molar-refractivity contribution >= 4 is 49.7 Å². The molecule has 48 heavy (non-hydrogen) atoms. The molecule has 0 bridgehead atoms. The molecule has 3 nitrogen and oxygen atoms in total. The van der Waals surface area contributed by atoms with Crippen molar-refractivity contribution in [1.29, 1.82) is 0 Å². The minimum atomic E-state index is 0.629. The number of anilines is 3. The summed E-state index contributed by atoms with van der Waals surface area (Å²) in [6.45, 7) is 0. The van der Waals surface area contributed by atoms with Crippen molar-refractivity contribution in [2.75, 3.05) is 4.90 Å². The molecule has 0 radical (unpaired) electrons. The van der Waals surface area contributed by atoms with Crippen molar-refractivity contribution in [3.8, 4) is 33.7 Å². The molecule has 1 aromatic heterocycles. The molecule has 0 aliphatic carbocycles. The van der Waals surface area contributed by atoms with Crippen LogP contribution in [-0.2, 0) is 0 Å². The number of fused-ring (bicyclic) bond motifs is 5. The number of benzene rings is 8. The second kappa shape index (κ2) is 11.7. The average Bonchev–Trinajstić information content (AvgIpc) is 3.61. The van der Waals surface area contributed by atoms with E-state index in [0.29, 0.717) is 5.89 Å². The molecule has 0 saturated heterocycles. The van der Waals surface area contributed by atoms with Crippen molar-refractivity contribution in [2.45, 2.75) is 0 Å². The fraction of sp³-hybridized carbons (Fsp3) is 0. The number of nitrogens with zero attached hydrogens (tertiary/aromatic N) is 2. The second-order valence-corrected chi connectivity index (χ2v) is 12.0. The van der Waals surface area contributed by atoms with Crippen molar-refractivity contribution in [3.05, 3.63) is 182 Å². The lowest BCUT2D eigenvalue weighted by atomic mass is 9.99. The van der Waals surface area contributed by atoms with Crippen LogP contribution in [0.3, 0.4) is 0 Å². The van der Waals surface area contributed by atoms with Crippen LogP contribution in [0.2, 0.25) is 0 Å². The Morgan fingerprint density at radius 2 is 0.938 bits per heavy atom. The van der Waals surface area contributed by atoms with E-state index < -0.39 is 0 Å². The molecule has 9 rings (SSSR count). The molecule has 1 heterocycles. The van der Waals surface area contributed by atoms with Gasteiger partial charge < -0.3 is 9.32 Å². The molecule has 0 aliphatic rings. The van der Waals surface area contributed by atoms with Crippen LogP contribution in [0.15, 0.2) is 186 Å². The minimum Gasteiger partial charge on any atom is -0.435 e. The maximum Gasteiger partial charge on any atom is 0.227 e. The highest BCUT2D eigenvalue weighted by atomic mass is 16.3. The summed E-state index contributed by atoms with van der Waals surface area (Å²) >= 11 is 0. The summed E-state index contributed by atoms with van der Waals surface area (Å²) in [6, 6.07) is 64.1. The Kier molecular flexibility index (Phi) is 6.80. The van der Waals surface area contributed by atoms with Crippen LogP contribution in [0.5, 0.6) is 0 Å². The molecular formula is C45H30N2O. The molecule has 9 aromatic rings. The first-order valence-electron chi connectivity index (χ1n) is 16.2. The van der Waals surface area contributed by atoms with Crippen molar-refractivity contribution in [2.24, 2.45) is 0 Å². The van der Waals surface area contributed by atoms with Crippen LogP contribution in [0, 0.1) is 0 Å². The third-order valence-corrected chi connectivity index (χ3v) is 9.06. The highest BCUT2D eigenvalue weighted by Gasteiger charge is 2.18. The molecule has 0 aliphatic heterocycles. The fourth-order valence-corrected chi connectivity index (χ4v) is 6.69. The summed E-state index contributed by atoms with van der Waals surface area (Å²) in [5.41, 5.74) is 10.6. The van der Waals surface area contributed by atoms with Gasteiger partial charge in [-0.2, -0.15) is 0 Å². The molecule has 0 fully saturated rings. The number of hydrogen-bond donors (Lipinski definition) is 0. The number of hydrogen-bond acceptors (Lipinski definition) is 3. The van der Waals surface area contributed by atoms with E-state index >= 15 is 0 Å². The van der Waals surface area contributed by atoms with Crippen molar-refractivity contribution in [3.63, 3.8) is 0 Å². The van der Waals surface area contributed by atoms with Crippen molar-refractivity contribution < 1.29 is 4.42 Å². The van der Waals surface area contributed by atoms with Crippen molar-refractivity contribution in [1.82, 2.24) is 4.98 Å². The van der Waals surface area contributed by atoms with E-state index in [-0.39, 0.29) is 0 Å². The molecule has 0 saturated carbocycles. The zero-order valence-corrected chi connectivity index (χ0v) is 26.1. The average molecular weight is 615 g/mol. The SMILES string of the molecule is c1ccc(-c2ccc(N(c3cccc(-c4ccccc4)c3)c3ccc4ccc5ccc6nc(-c7ccccc7)oc6c5c4c3)cc2)cc1. The predicted octanol–water partition coefficient (Wildman–Crippen LogP) is 12.6. The second-order valence-electron chi connectivity index (χ2n) is 12.0. The normalized spacial score (nSPS) is 11.3. The van der Waals surface area contributed by atoms with Gasteiger partial charge in [0.25, 0.3) is 0 Å². The van der Waals surface area contributed by atoms with E-state index in [2.05, 4.69) is 157 Å². The van der Waals surface area contributed by atoms with Gasteiger partial charge in [-0.05, 0) is 93.0 Å². The zero-order chi connectivity index (χ0) is 31.9. The summed E-state index contributed by atoms with van der Waals surface area (Å²) in [6.07, 6.45) is 0. The molecule has 0 atom stereocenters. The molecule has 226 valence electrons. The first-order valence-corrected chi connectivity index (χ1v) is 16.2. The Balaban J connectivity index is 1.24. The predicted molar refractivity (Wildman–Crippen MR) is 200 cm³/mol. The first-order chi connectivity index (χ1) is 23.8. The highest BCUT2D eigenvalue weighted by Crippen LogP contribution is 2.41. The summed E-state index contributed by atoms with van der Waals surface area (Å²) in [4.78, 5) is 7.23. The number of oxazole rings is 1. The van der Waals surface area contributed by atoms with Gasteiger partial charge >= 0.3 is 0 Å². The van der Waals surface area contributed by atoms with Gasteiger partial charge in [-0.15, -0.1) is 0 Å². The maximum absolute atomic E-state index is 6.54. The first kappa shape index (κ1) is 27.8. The van der Waals surface area contributed by atoms with Gasteiger partial charge in [0.05, 0.1) is 0 Å². The van der Waals surface area contributed by atoms with Crippen LogP contribution in [0.1, 0.15) is 0 Å². The maximum atomic E-state index is 6.54. The fourth-order valence-electron chi connectivity index (χ4n) is 6.69. The monoisotopic (exact) mass is 614 g/mol. The largest absolute Gasteiger partial charge is 0.435 e. The Morgan fingerprint density at radius 3 is 1.67 bits per heavy atom. The van der Waals surface area contributed by atoms with E-state index in [9.17, 15) is 0 Å². The quantitative estimate of drug-likeness (QED) is 0.175. The molecule has 3 heteroatoms. The van der Waals surface area contributed by atoms with Crippen LogP contribution in [0.25, 0.3) is 66.4 Å². The van der Waals surface area contributed by atoms with Crippen LogP contribution < -0.4 is 4.90 Å². The topological polar surface area (TPSA) is 29.3 Å². The summed E-state index contributed by atoms with van der Waals surface area (Å²) < 4.78 is 6.54. The Morgan fingerprint density at radius 1 is 0.396 bits per heavy atom. The number of aromatic nitrogens is 1. The van der Waals surface area contributed by atoms with Crippen LogP contribution in [-0.4, -0.2) is 4.98 Å². The van der Waals surface area contributed by atoms with Gasteiger partial charge in [-0.1, -0.05) is 127 Å². The van der Waals surface area contributed by atoms with Gasteiger partial charge in [0.15, 0.2) is 5.58 Å². The van der Waals surface area contributed by atoms with Crippen LogP contribution in [0.4, 0.5) is 17.1 Å². The smallest absolute Gasteiger partial charge is 0.227 e.